The van der Waals surface area contributed by atoms with Gasteiger partial charge in [-0.1, -0.05) is 52.4 Å². The summed E-state index contributed by atoms with van der Waals surface area (Å²) in [5.41, 5.74) is 2.57. The Kier molecular flexibility index (Phi) is 5.25. The van der Waals surface area contributed by atoms with E-state index in [0.29, 0.717) is 6.10 Å². The molecular formula is C14H19IO2. The lowest BCUT2D eigenvalue weighted by Gasteiger charge is -2.18. The van der Waals surface area contributed by atoms with Crippen molar-refractivity contribution in [2.24, 2.45) is 0 Å². The van der Waals surface area contributed by atoms with Gasteiger partial charge >= 0.3 is 0 Å². The highest BCUT2D eigenvalue weighted by molar-refractivity contribution is 14.1. The highest BCUT2D eigenvalue weighted by Crippen LogP contribution is 2.23. The van der Waals surface area contributed by atoms with Crippen molar-refractivity contribution in [2.75, 3.05) is 17.6 Å². The first-order valence-corrected chi connectivity index (χ1v) is 7.68. The zero-order valence-corrected chi connectivity index (χ0v) is 12.4. The molecule has 17 heavy (non-hydrogen) atoms. The number of ether oxygens (including phenoxy) is 2. The number of aryl methyl sites for hydroxylation is 1. The largest absolute Gasteiger partial charge is 0.376 e. The number of hydrogen-bond donors (Lipinski definition) is 0. The van der Waals surface area contributed by atoms with Crippen LogP contribution in [-0.2, 0) is 9.47 Å². The van der Waals surface area contributed by atoms with E-state index in [9.17, 15) is 0 Å². The fourth-order valence-corrected chi connectivity index (χ4v) is 2.86. The summed E-state index contributed by atoms with van der Waals surface area (Å²) in [5, 5.41) is 0. The van der Waals surface area contributed by atoms with Gasteiger partial charge in [0.25, 0.3) is 0 Å². The standard InChI is InChI=1S/C14H19IO2/c1-11-4-2-5-12(8-11)14(9-15)17-10-13-6-3-7-16-13/h2,4-5,8,13-14H,3,6-7,9-10H2,1H3. The fourth-order valence-electron chi connectivity index (χ4n) is 2.10. The summed E-state index contributed by atoms with van der Waals surface area (Å²) in [6, 6.07) is 8.57. The monoisotopic (exact) mass is 346 g/mol. The third kappa shape index (κ3) is 3.93. The maximum Gasteiger partial charge on any atom is 0.0915 e. The Morgan fingerprint density at radius 3 is 3.06 bits per heavy atom. The summed E-state index contributed by atoms with van der Waals surface area (Å²) < 4.78 is 12.5. The Bertz CT molecular complexity index is 348. The van der Waals surface area contributed by atoms with Gasteiger partial charge in [-0.15, -0.1) is 0 Å². The molecular weight excluding hydrogens is 327 g/mol. The Labute approximate surface area is 117 Å². The maximum atomic E-state index is 5.98. The minimum Gasteiger partial charge on any atom is -0.376 e. The van der Waals surface area contributed by atoms with Crippen LogP contribution < -0.4 is 0 Å². The quantitative estimate of drug-likeness (QED) is 0.598. The van der Waals surface area contributed by atoms with Gasteiger partial charge in [0.1, 0.15) is 0 Å². The molecule has 94 valence electrons. The summed E-state index contributed by atoms with van der Waals surface area (Å²) in [5.74, 6) is 0. The van der Waals surface area contributed by atoms with Gasteiger partial charge in [-0.2, -0.15) is 0 Å². The molecule has 1 aliphatic rings. The van der Waals surface area contributed by atoms with Gasteiger partial charge in [-0.05, 0) is 25.3 Å². The van der Waals surface area contributed by atoms with Crippen molar-refractivity contribution in [3.05, 3.63) is 35.4 Å². The molecule has 1 aliphatic heterocycles. The van der Waals surface area contributed by atoms with E-state index in [1.54, 1.807) is 0 Å². The minimum atomic E-state index is 0.194. The van der Waals surface area contributed by atoms with Gasteiger partial charge in [0.05, 0.1) is 18.8 Å². The predicted molar refractivity (Wildman–Crippen MR) is 77.7 cm³/mol. The molecule has 1 fully saturated rings. The third-order valence-electron chi connectivity index (χ3n) is 3.06. The molecule has 2 atom stereocenters. The molecule has 1 aromatic carbocycles. The molecule has 1 saturated heterocycles. The summed E-state index contributed by atoms with van der Waals surface area (Å²) >= 11 is 2.39. The highest BCUT2D eigenvalue weighted by atomic mass is 127. The second-order valence-electron chi connectivity index (χ2n) is 4.53. The van der Waals surface area contributed by atoms with Crippen LogP contribution in [-0.4, -0.2) is 23.7 Å². The minimum absolute atomic E-state index is 0.194. The number of alkyl halides is 1. The van der Waals surface area contributed by atoms with Crippen molar-refractivity contribution >= 4 is 22.6 Å². The summed E-state index contributed by atoms with van der Waals surface area (Å²) in [6.07, 6.45) is 2.82. The van der Waals surface area contributed by atoms with Crippen molar-refractivity contribution in [3.63, 3.8) is 0 Å². The lowest BCUT2D eigenvalue weighted by molar-refractivity contribution is -0.0122. The molecule has 2 nitrogen and oxygen atoms in total. The zero-order valence-electron chi connectivity index (χ0n) is 10.2. The van der Waals surface area contributed by atoms with Crippen LogP contribution in [0.3, 0.4) is 0 Å². The second kappa shape index (κ2) is 6.71. The van der Waals surface area contributed by atoms with Crippen molar-refractivity contribution in [1.82, 2.24) is 0 Å². The maximum absolute atomic E-state index is 5.98. The molecule has 0 radical (unpaired) electrons. The van der Waals surface area contributed by atoms with E-state index < -0.39 is 0 Å². The van der Waals surface area contributed by atoms with Crippen LogP contribution in [0.25, 0.3) is 0 Å². The van der Waals surface area contributed by atoms with Crippen LogP contribution in [0.1, 0.15) is 30.1 Å². The molecule has 3 heteroatoms. The van der Waals surface area contributed by atoms with Crippen molar-refractivity contribution in [3.8, 4) is 0 Å². The van der Waals surface area contributed by atoms with Crippen molar-refractivity contribution < 1.29 is 9.47 Å². The number of hydrogen-bond acceptors (Lipinski definition) is 2. The van der Waals surface area contributed by atoms with Gasteiger partial charge < -0.3 is 9.47 Å². The average molecular weight is 346 g/mol. The van der Waals surface area contributed by atoms with Crippen molar-refractivity contribution in [2.45, 2.75) is 32.0 Å². The van der Waals surface area contributed by atoms with E-state index in [2.05, 4.69) is 53.8 Å². The molecule has 0 aliphatic carbocycles. The molecule has 0 bridgehead atoms. The molecule has 2 rings (SSSR count). The number of rotatable bonds is 5. The van der Waals surface area contributed by atoms with E-state index in [1.165, 1.54) is 17.5 Å². The Balaban J connectivity index is 1.91. The van der Waals surface area contributed by atoms with E-state index >= 15 is 0 Å². The Morgan fingerprint density at radius 1 is 1.53 bits per heavy atom. The number of halogens is 1. The van der Waals surface area contributed by atoms with Gasteiger partial charge in [-0.25, -0.2) is 0 Å². The van der Waals surface area contributed by atoms with E-state index in [-0.39, 0.29) is 6.10 Å². The van der Waals surface area contributed by atoms with Crippen molar-refractivity contribution in [1.29, 1.82) is 0 Å². The molecule has 0 N–H and O–H groups in total. The third-order valence-corrected chi connectivity index (χ3v) is 3.86. The van der Waals surface area contributed by atoms with Gasteiger partial charge in [-0.3, -0.25) is 0 Å². The van der Waals surface area contributed by atoms with Crippen LogP contribution >= 0.6 is 22.6 Å². The zero-order chi connectivity index (χ0) is 12.1. The van der Waals surface area contributed by atoms with Crippen LogP contribution in [0, 0.1) is 6.92 Å². The van der Waals surface area contributed by atoms with Gasteiger partial charge in [0.2, 0.25) is 0 Å². The molecule has 1 aromatic rings. The molecule has 1 heterocycles. The normalized spacial score (nSPS) is 21.6. The smallest absolute Gasteiger partial charge is 0.0915 e. The summed E-state index contributed by atoms with van der Waals surface area (Å²) in [4.78, 5) is 0. The van der Waals surface area contributed by atoms with Crippen LogP contribution in [0.2, 0.25) is 0 Å². The molecule has 0 amide bonds. The van der Waals surface area contributed by atoms with Crippen LogP contribution in [0.4, 0.5) is 0 Å². The first-order valence-electron chi connectivity index (χ1n) is 6.15. The van der Waals surface area contributed by atoms with Gasteiger partial charge in [0, 0.05) is 11.0 Å². The van der Waals surface area contributed by atoms with Crippen LogP contribution in [0.15, 0.2) is 24.3 Å². The first-order chi connectivity index (χ1) is 8.29. The van der Waals surface area contributed by atoms with E-state index in [0.717, 1.165) is 24.1 Å². The SMILES string of the molecule is Cc1cccc(C(CI)OCC2CCCO2)c1. The molecule has 0 saturated carbocycles. The number of benzene rings is 1. The van der Waals surface area contributed by atoms with Gasteiger partial charge in [0.15, 0.2) is 0 Å². The predicted octanol–water partition coefficient (Wildman–Crippen LogP) is 3.67. The molecule has 0 aromatic heterocycles. The topological polar surface area (TPSA) is 18.5 Å². The Hall–Kier alpha value is -0.130. The highest BCUT2D eigenvalue weighted by Gasteiger charge is 2.18. The summed E-state index contributed by atoms with van der Waals surface area (Å²) in [7, 11) is 0. The average Bonchev–Trinajstić information content (AvgIpc) is 2.83. The van der Waals surface area contributed by atoms with Crippen LogP contribution in [0.5, 0.6) is 0 Å². The Morgan fingerprint density at radius 2 is 2.41 bits per heavy atom. The first kappa shape index (κ1) is 13.3. The fraction of sp³-hybridized carbons (Fsp3) is 0.571. The lowest BCUT2D eigenvalue weighted by Crippen LogP contribution is -2.17. The molecule has 0 spiro atoms. The lowest BCUT2D eigenvalue weighted by atomic mass is 10.1. The molecule has 2 unspecified atom stereocenters. The second-order valence-corrected chi connectivity index (χ2v) is 5.41. The van der Waals surface area contributed by atoms with E-state index in [4.69, 9.17) is 9.47 Å². The van der Waals surface area contributed by atoms with E-state index in [1.807, 2.05) is 0 Å². The summed E-state index contributed by atoms with van der Waals surface area (Å²) in [6.45, 7) is 3.74.